The van der Waals surface area contributed by atoms with Gasteiger partial charge in [-0.05, 0) is 30.7 Å². The van der Waals surface area contributed by atoms with E-state index in [4.69, 9.17) is 10.5 Å². The van der Waals surface area contributed by atoms with Crippen LogP contribution in [0.1, 0.15) is 5.56 Å². The second-order valence-electron chi connectivity index (χ2n) is 3.33. The minimum atomic E-state index is -3.63. The summed E-state index contributed by atoms with van der Waals surface area (Å²) in [4.78, 5) is 0. The van der Waals surface area contributed by atoms with Gasteiger partial charge in [-0.3, -0.25) is 0 Å². The van der Waals surface area contributed by atoms with E-state index in [0.29, 0.717) is 13.0 Å². The lowest BCUT2D eigenvalue weighted by molar-refractivity contribution is -0.287. The van der Waals surface area contributed by atoms with Crippen LogP contribution in [0.4, 0.5) is 8.78 Å². The first-order valence-electron chi connectivity index (χ1n) is 4.72. The quantitative estimate of drug-likeness (QED) is 0.856. The van der Waals surface area contributed by atoms with E-state index in [9.17, 15) is 8.78 Å². The van der Waals surface area contributed by atoms with Gasteiger partial charge in [-0.15, -0.1) is 8.78 Å². The molecular weight excluding hydrogens is 220 g/mol. The minimum Gasteiger partial charge on any atom is -0.493 e. The Morgan fingerprint density at radius 2 is 2.12 bits per heavy atom. The van der Waals surface area contributed by atoms with E-state index in [1.54, 1.807) is 6.07 Å². The maximum Gasteiger partial charge on any atom is 0.586 e. The molecule has 0 atom stereocenters. The van der Waals surface area contributed by atoms with Crippen LogP contribution in [0, 0.1) is 0 Å². The molecule has 0 fully saturated rings. The molecule has 88 valence electrons. The summed E-state index contributed by atoms with van der Waals surface area (Å²) in [6, 6.07) is 3.09. The second-order valence-corrected chi connectivity index (χ2v) is 3.33. The SMILES string of the molecule is COc1cc(CCN)cc2c1OC(F)(F)O2. The standard InChI is InChI=1S/C10H11F2NO3/c1-14-7-4-6(2-3-13)5-8-9(7)16-10(11,12)15-8/h4-5H,2-3,13H2,1H3. The summed E-state index contributed by atoms with van der Waals surface area (Å²) in [5.74, 6) is 0.124. The van der Waals surface area contributed by atoms with Gasteiger partial charge in [-0.2, -0.15) is 0 Å². The Labute approximate surface area is 90.9 Å². The average Bonchev–Trinajstić information content (AvgIpc) is 2.51. The summed E-state index contributed by atoms with van der Waals surface area (Å²) in [5, 5.41) is 0. The highest BCUT2D eigenvalue weighted by molar-refractivity contribution is 5.55. The number of rotatable bonds is 3. The number of methoxy groups -OCH3 is 1. The maximum atomic E-state index is 12.8. The lowest BCUT2D eigenvalue weighted by Gasteiger charge is -2.07. The van der Waals surface area contributed by atoms with Crippen molar-refractivity contribution in [3.63, 3.8) is 0 Å². The Morgan fingerprint density at radius 1 is 1.38 bits per heavy atom. The predicted molar refractivity (Wildman–Crippen MR) is 52.0 cm³/mol. The number of halogens is 2. The van der Waals surface area contributed by atoms with Crippen LogP contribution in [0.2, 0.25) is 0 Å². The molecule has 0 aromatic heterocycles. The highest BCUT2D eigenvalue weighted by Gasteiger charge is 2.45. The van der Waals surface area contributed by atoms with E-state index >= 15 is 0 Å². The first kappa shape index (κ1) is 10.9. The zero-order chi connectivity index (χ0) is 11.8. The van der Waals surface area contributed by atoms with Gasteiger partial charge in [-0.25, -0.2) is 0 Å². The molecule has 2 N–H and O–H groups in total. The van der Waals surface area contributed by atoms with Crippen LogP contribution in [0.15, 0.2) is 12.1 Å². The molecule has 1 aliphatic heterocycles. The predicted octanol–water partition coefficient (Wildman–Crippen LogP) is 1.52. The van der Waals surface area contributed by atoms with Gasteiger partial charge in [0.2, 0.25) is 5.75 Å². The van der Waals surface area contributed by atoms with E-state index in [1.165, 1.54) is 13.2 Å². The number of hydrogen-bond acceptors (Lipinski definition) is 4. The molecule has 0 spiro atoms. The molecule has 1 aliphatic rings. The van der Waals surface area contributed by atoms with Gasteiger partial charge in [0.15, 0.2) is 11.5 Å². The largest absolute Gasteiger partial charge is 0.586 e. The number of ether oxygens (including phenoxy) is 3. The highest BCUT2D eigenvalue weighted by Crippen LogP contribution is 2.47. The van der Waals surface area contributed by atoms with E-state index in [0.717, 1.165) is 5.56 Å². The van der Waals surface area contributed by atoms with Gasteiger partial charge in [0.05, 0.1) is 7.11 Å². The molecule has 4 nitrogen and oxygen atoms in total. The monoisotopic (exact) mass is 231 g/mol. The zero-order valence-corrected chi connectivity index (χ0v) is 8.63. The molecule has 0 unspecified atom stereocenters. The summed E-state index contributed by atoms with van der Waals surface area (Å²) in [5.41, 5.74) is 6.15. The number of benzene rings is 1. The topological polar surface area (TPSA) is 53.7 Å². The molecule has 16 heavy (non-hydrogen) atoms. The Balaban J connectivity index is 2.41. The van der Waals surface area contributed by atoms with Gasteiger partial charge in [0.25, 0.3) is 0 Å². The molecule has 0 amide bonds. The minimum absolute atomic E-state index is 0.0206. The van der Waals surface area contributed by atoms with Gasteiger partial charge in [0.1, 0.15) is 0 Å². The van der Waals surface area contributed by atoms with Crippen molar-refractivity contribution in [3.05, 3.63) is 17.7 Å². The van der Waals surface area contributed by atoms with Crippen molar-refractivity contribution in [1.82, 2.24) is 0 Å². The van der Waals surface area contributed by atoms with E-state index in [2.05, 4.69) is 9.47 Å². The third kappa shape index (κ3) is 1.88. The van der Waals surface area contributed by atoms with Crippen LogP contribution in [0.5, 0.6) is 17.2 Å². The van der Waals surface area contributed by atoms with Gasteiger partial charge in [0, 0.05) is 0 Å². The van der Waals surface area contributed by atoms with Crippen molar-refractivity contribution < 1.29 is 23.0 Å². The lowest BCUT2D eigenvalue weighted by Crippen LogP contribution is -2.26. The van der Waals surface area contributed by atoms with Crippen molar-refractivity contribution in [3.8, 4) is 17.2 Å². The number of fused-ring (bicyclic) bond motifs is 1. The van der Waals surface area contributed by atoms with E-state index in [-0.39, 0.29) is 17.2 Å². The summed E-state index contributed by atoms with van der Waals surface area (Å²) >= 11 is 0. The molecule has 1 aromatic rings. The van der Waals surface area contributed by atoms with Crippen molar-refractivity contribution in [1.29, 1.82) is 0 Å². The molecule has 0 saturated carbocycles. The highest BCUT2D eigenvalue weighted by atomic mass is 19.3. The molecule has 6 heteroatoms. The van der Waals surface area contributed by atoms with Gasteiger partial charge < -0.3 is 19.9 Å². The first-order valence-corrected chi connectivity index (χ1v) is 4.72. The maximum absolute atomic E-state index is 12.8. The Hall–Kier alpha value is -1.56. The normalized spacial score (nSPS) is 16.2. The third-order valence-electron chi connectivity index (χ3n) is 2.18. The molecule has 1 aromatic carbocycles. The van der Waals surface area contributed by atoms with E-state index < -0.39 is 6.29 Å². The Kier molecular flexibility index (Phi) is 2.59. The molecule has 0 radical (unpaired) electrons. The van der Waals surface area contributed by atoms with Crippen molar-refractivity contribution in [2.45, 2.75) is 12.7 Å². The van der Waals surface area contributed by atoms with E-state index in [1.807, 2.05) is 0 Å². The lowest BCUT2D eigenvalue weighted by atomic mass is 10.1. The fourth-order valence-electron chi connectivity index (χ4n) is 1.54. The van der Waals surface area contributed by atoms with Crippen LogP contribution in [-0.4, -0.2) is 19.9 Å². The molecule has 1 heterocycles. The molecule has 2 rings (SSSR count). The molecule has 0 aliphatic carbocycles. The number of nitrogens with two attached hydrogens (primary N) is 1. The summed E-state index contributed by atoms with van der Waals surface area (Å²) in [6.45, 7) is 0.416. The summed E-state index contributed by atoms with van der Waals surface area (Å²) in [6.07, 6.45) is -3.07. The summed E-state index contributed by atoms with van der Waals surface area (Å²) in [7, 11) is 1.38. The molecule has 0 saturated heterocycles. The Bertz CT molecular complexity index is 409. The average molecular weight is 231 g/mol. The van der Waals surface area contributed by atoms with Crippen LogP contribution >= 0.6 is 0 Å². The first-order chi connectivity index (χ1) is 7.55. The Morgan fingerprint density at radius 3 is 2.75 bits per heavy atom. The smallest absolute Gasteiger partial charge is 0.493 e. The van der Waals surface area contributed by atoms with Crippen LogP contribution < -0.4 is 19.9 Å². The summed E-state index contributed by atoms with van der Waals surface area (Å²) < 4.78 is 39.3. The fraction of sp³-hybridized carbons (Fsp3) is 0.400. The van der Waals surface area contributed by atoms with Crippen molar-refractivity contribution >= 4 is 0 Å². The zero-order valence-electron chi connectivity index (χ0n) is 8.63. The fourth-order valence-corrected chi connectivity index (χ4v) is 1.54. The third-order valence-corrected chi connectivity index (χ3v) is 2.18. The van der Waals surface area contributed by atoms with Crippen molar-refractivity contribution in [2.24, 2.45) is 5.73 Å². The number of alkyl halides is 2. The second kappa shape index (κ2) is 3.79. The molecule has 0 bridgehead atoms. The molecular formula is C10H11F2NO3. The van der Waals surface area contributed by atoms with Crippen LogP contribution in [-0.2, 0) is 6.42 Å². The number of hydrogen-bond donors (Lipinski definition) is 1. The van der Waals surface area contributed by atoms with Crippen molar-refractivity contribution in [2.75, 3.05) is 13.7 Å². The van der Waals surface area contributed by atoms with Crippen LogP contribution in [0.3, 0.4) is 0 Å². The van der Waals surface area contributed by atoms with Gasteiger partial charge >= 0.3 is 6.29 Å². The van der Waals surface area contributed by atoms with Crippen LogP contribution in [0.25, 0.3) is 0 Å². The van der Waals surface area contributed by atoms with Gasteiger partial charge in [-0.1, -0.05) is 0 Å².